The fourth-order valence-electron chi connectivity index (χ4n) is 4.37. The molecule has 0 aliphatic carbocycles. The van der Waals surface area contributed by atoms with Gasteiger partial charge in [-0.1, -0.05) is 24.3 Å². The van der Waals surface area contributed by atoms with Crippen LogP contribution < -0.4 is 10.1 Å². The maximum atomic E-state index is 13.1. The molecule has 0 atom stereocenters. The van der Waals surface area contributed by atoms with Crippen LogP contribution in [0.15, 0.2) is 53.4 Å². The molecule has 0 unspecified atom stereocenters. The molecule has 2 heterocycles. The van der Waals surface area contributed by atoms with Crippen molar-refractivity contribution in [3.05, 3.63) is 64.5 Å². The van der Waals surface area contributed by atoms with Crippen LogP contribution in [0.4, 0.5) is 5.69 Å². The van der Waals surface area contributed by atoms with Crippen molar-refractivity contribution in [2.24, 2.45) is 0 Å². The van der Waals surface area contributed by atoms with Crippen LogP contribution in [0, 0.1) is 18.3 Å². The van der Waals surface area contributed by atoms with Crippen LogP contribution in [0.1, 0.15) is 33.6 Å². The first-order valence-electron chi connectivity index (χ1n) is 11.7. The number of aromatic carboxylic acids is 1. The number of rotatable bonds is 9. The summed E-state index contributed by atoms with van der Waals surface area (Å²) in [7, 11) is -3.78. The van der Waals surface area contributed by atoms with Gasteiger partial charge in [0.05, 0.1) is 10.5 Å². The smallest absolute Gasteiger partial charge is 0.349 e. The Kier molecular flexibility index (Phi) is 8.01. The third-order valence-corrected chi connectivity index (χ3v) is 9.47. The molecule has 4 rings (SSSR count). The van der Waals surface area contributed by atoms with Gasteiger partial charge >= 0.3 is 11.9 Å². The predicted molar refractivity (Wildman–Crippen MR) is 141 cm³/mol. The van der Waals surface area contributed by atoms with Crippen LogP contribution in [0.3, 0.4) is 0 Å². The lowest BCUT2D eigenvalue weighted by atomic mass is 10.0. The highest BCUT2D eigenvalue weighted by Gasteiger charge is 2.31. The number of sulfonamides is 1. The minimum atomic E-state index is -3.78. The second-order valence-corrected chi connectivity index (χ2v) is 11.6. The molecule has 1 aromatic heterocycles. The number of hydrogen-bond donors (Lipinski definition) is 3. The summed E-state index contributed by atoms with van der Waals surface area (Å²) in [6.07, 6.45) is 1.12. The average Bonchev–Trinajstić information content (AvgIpc) is 3.24. The fraction of sp³-hybridized carbons (Fsp3) is 0.269. The van der Waals surface area contributed by atoms with Crippen LogP contribution in [0.5, 0.6) is 5.75 Å². The zero-order valence-electron chi connectivity index (χ0n) is 20.4. The number of nitrogens with one attached hydrogen (secondary N) is 1. The van der Waals surface area contributed by atoms with Gasteiger partial charge in [0.2, 0.25) is 10.0 Å². The lowest BCUT2D eigenvalue weighted by molar-refractivity contribution is -0.139. The van der Waals surface area contributed by atoms with Crippen LogP contribution in [-0.2, 0) is 14.8 Å². The number of carboxylic acids is 2. The summed E-state index contributed by atoms with van der Waals surface area (Å²) in [5, 5.41) is 31.2. The highest BCUT2D eigenvalue weighted by Crippen LogP contribution is 2.42. The van der Waals surface area contributed by atoms with Crippen LogP contribution in [0.2, 0.25) is 0 Å². The van der Waals surface area contributed by atoms with Crippen LogP contribution in [0.25, 0.3) is 10.4 Å². The van der Waals surface area contributed by atoms with Crippen molar-refractivity contribution in [1.82, 2.24) is 4.31 Å². The molecule has 0 spiro atoms. The Labute approximate surface area is 223 Å². The Morgan fingerprint density at radius 2 is 1.87 bits per heavy atom. The molecule has 38 heavy (non-hydrogen) atoms. The topological polar surface area (TPSA) is 157 Å². The predicted octanol–water partition coefficient (Wildman–Crippen LogP) is 4.02. The Morgan fingerprint density at radius 1 is 1.16 bits per heavy atom. The number of piperidine rings is 1. The zero-order chi connectivity index (χ0) is 27.4. The van der Waals surface area contributed by atoms with E-state index in [9.17, 15) is 28.4 Å². The Balaban J connectivity index is 1.48. The maximum Gasteiger partial charge on any atom is 0.349 e. The monoisotopic (exact) mass is 555 g/mol. The first kappa shape index (κ1) is 27.1. The summed E-state index contributed by atoms with van der Waals surface area (Å²) >= 11 is 1.02. The number of carbonyl (C=O) groups is 2. The van der Waals surface area contributed by atoms with Gasteiger partial charge in [0.25, 0.3) is 0 Å². The summed E-state index contributed by atoms with van der Waals surface area (Å²) in [5.74, 6) is -2.35. The number of benzene rings is 2. The van der Waals surface area contributed by atoms with E-state index in [1.165, 1.54) is 16.4 Å². The highest BCUT2D eigenvalue weighted by molar-refractivity contribution is 7.89. The number of carboxylic acid groups (broad SMARTS) is 2. The van der Waals surface area contributed by atoms with Crippen molar-refractivity contribution in [2.75, 3.05) is 25.0 Å². The molecule has 0 amide bonds. The number of thiophene rings is 1. The number of hydrogen-bond acceptors (Lipinski definition) is 8. The van der Waals surface area contributed by atoms with Crippen LogP contribution in [-0.4, -0.2) is 60.6 Å². The quantitative estimate of drug-likeness (QED) is 0.355. The molecule has 0 radical (unpaired) electrons. The van der Waals surface area contributed by atoms with Crippen molar-refractivity contribution in [2.45, 2.75) is 30.7 Å². The number of nitrogens with zero attached hydrogens (tertiary/aromatic N) is 2. The number of nitriles is 1. The van der Waals surface area contributed by atoms with Gasteiger partial charge in [-0.3, -0.25) is 0 Å². The SMILES string of the molecule is Cc1c(-c2cccc(NC3CCN(S(=O)(=O)c4ccccc4C#N)CC3)c2)sc(C(=O)O)c1OCC(=O)O. The van der Waals surface area contributed by atoms with Crippen molar-refractivity contribution >= 4 is 39.0 Å². The number of aliphatic carboxylic acids is 1. The largest absolute Gasteiger partial charge is 0.480 e. The molecule has 3 N–H and O–H groups in total. The molecule has 1 aliphatic heterocycles. The van der Waals surface area contributed by atoms with Gasteiger partial charge in [-0.05, 0) is 49.6 Å². The molecule has 0 bridgehead atoms. The lowest BCUT2D eigenvalue weighted by Crippen LogP contribution is -2.42. The van der Waals surface area contributed by atoms with Gasteiger partial charge < -0.3 is 20.3 Å². The summed E-state index contributed by atoms with van der Waals surface area (Å²) in [6.45, 7) is 1.65. The van der Waals surface area contributed by atoms with Gasteiger partial charge in [0.15, 0.2) is 11.5 Å². The number of anilines is 1. The molecule has 1 fully saturated rings. The molecule has 1 saturated heterocycles. The van der Waals surface area contributed by atoms with E-state index >= 15 is 0 Å². The third-order valence-electron chi connectivity index (χ3n) is 6.20. The van der Waals surface area contributed by atoms with E-state index in [-0.39, 0.29) is 27.1 Å². The van der Waals surface area contributed by atoms with E-state index in [0.717, 1.165) is 22.6 Å². The minimum absolute atomic E-state index is 0.0105. The summed E-state index contributed by atoms with van der Waals surface area (Å²) in [4.78, 5) is 23.3. The van der Waals surface area contributed by atoms with Crippen molar-refractivity contribution < 1.29 is 33.0 Å². The standard InChI is InChI=1S/C26H25N3O7S2/c1-16-23(36-15-22(30)31)25(26(32)33)37-24(16)17-6-4-7-20(13-17)28-19-9-11-29(12-10-19)38(34,35)21-8-3-2-5-18(21)14-27/h2-8,13,19,28H,9-12,15H2,1H3,(H,30,31)(H,32,33). The van der Waals surface area contributed by atoms with E-state index < -0.39 is 28.6 Å². The van der Waals surface area contributed by atoms with Gasteiger partial charge in [-0.15, -0.1) is 11.3 Å². The fourth-order valence-corrected chi connectivity index (χ4v) is 7.07. The minimum Gasteiger partial charge on any atom is -0.480 e. The summed E-state index contributed by atoms with van der Waals surface area (Å²) in [6, 6.07) is 15.5. The molecule has 0 saturated carbocycles. The van der Waals surface area contributed by atoms with Gasteiger partial charge in [0, 0.05) is 35.3 Å². The molecular weight excluding hydrogens is 530 g/mol. The molecule has 12 heteroatoms. The Hall–Kier alpha value is -3.92. The molecular formula is C26H25N3O7S2. The Bertz CT molecular complexity index is 1520. The first-order valence-corrected chi connectivity index (χ1v) is 13.9. The third kappa shape index (κ3) is 5.65. The second kappa shape index (κ2) is 11.2. The summed E-state index contributed by atoms with van der Waals surface area (Å²) in [5.41, 5.74) is 2.20. The van der Waals surface area contributed by atoms with Crippen molar-refractivity contribution in [3.8, 4) is 22.3 Å². The number of ether oxygens (including phenoxy) is 1. The molecule has 3 aromatic rings. The van der Waals surface area contributed by atoms with E-state index in [0.29, 0.717) is 36.4 Å². The normalized spacial score (nSPS) is 14.5. The second-order valence-electron chi connectivity index (χ2n) is 8.71. The maximum absolute atomic E-state index is 13.1. The average molecular weight is 556 g/mol. The zero-order valence-corrected chi connectivity index (χ0v) is 22.0. The molecule has 1 aliphatic rings. The molecule has 10 nitrogen and oxygen atoms in total. The summed E-state index contributed by atoms with van der Waals surface area (Å²) < 4.78 is 32.9. The van der Waals surface area contributed by atoms with Crippen LogP contribution >= 0.6 is 11.3 Å². The van der Waals surface area contributed by atoms with Crippen molar-refractivity contribution in [1.29, 1.82) is 5.26 Å². The van der Waals surface area contributed by atoms with Crippen molar-refractivity contribution in [3.63, 3.8) is 0 Å². The Morgan fingerprint density at radius 3 is 2.53 bits per heavy atom. The molecule has 198 valence electrons. The van der Waals surface area contributed by atoms with Gasteiger partial charge in [-0.25, -0.2) is 18.0 Å². The van der Waals surface area contributed by atoms with E-state index in [2.05, 4.69) is 5.32 Å². The highest BCUT2D eigenvalue weighted by atomic mass is 32.2. The molecule has 2 aromatic carbocycles. The van der Waals surface area contributed by atoms with Gasteiger partial charge in [0.1, 0.15) is 11.8 Å². The van der Waals surface area contributed by atoms with E-state index in [1.54, 1.807) is 19.1 Å². The lowest BCUT2D eigenvalue weighted by Gasteiger charge is -2.32. The van der Waals surface area contributed by atoms with E-state index in [4.69, 9.17) is 9.84 Å². The van der Waals surface area contributed by atoms with E-state index in [1.807, 2.05) is 30.3 Å². The first-order chi connectivity index (χ1) is 18.1. The van der Waals surface area contributed by atoms with Gasteiger partial charge in [-0.2, -0.15) is 9.57 Å².